The Morgan fingerprint density at radius 2 is 1.91 bits per heavy atom. The van der Waals surface area contributed by atoms with Gasteiger partial charge in [0, 0.05) is 16.6 Å². The SMILES string of the molecule is Nn1c(SCC(=O)Nc2cccc(S(N)(=O)=O)c2)nc2scc(-c3ccccc3)c2c1=O. The van der Waals surface area contributed by atoms with E-state index in [2.05, 4.69) is 10.3 Å². The lowest BCUT2D eigenvalue weighted by Gasteiger charge is -2.09. The van der Waals surface area contributed by atoms with Crippen molar-refractivity contribution < 1.29 is 13.2 Å². The third-order valence-corrected chi connectivity index (χ3v) is 7.21. The standard InChI is InChI=1S/C20H17N5O4S3/c21-25-19(27)17-15(12-5-2-1-3-6-12)10-30-18(17)24-20(25)31-11-16(26)23-13-7-4-8-14(9-13)32(22,28)29/h1-10H,11,21H2,(H,23,26)(H2,22,28,29). The lowest BCUT2D eigenvalue weighted by molar-refractivity contribution is -0.113. The van der Waals surface area contributed by atoms with Crippen molar-refractivity contribution in [3.05, 3.63) is 70.3 Å². The molecule has 0 aliphatic carbocycles. The first-order valence-electron chi connectivity index (χ1n) is 9.14. The fraction of sp³-hybridized carbons (Fsp3) is 0.0500. The van der Waals surface area contributed by atoms with Gasteiger partial charge in [-0.15, -0.1) is 11.3 Å². The van der Waals surface area contributed by atoms with Crippen molar-refractivity contribution in [1.82, 2.24) is 9.66 Å². The predicted octanol–water partition coefficient (Wildman–Crippen LogP) is 2.22. The second-order valence-electron chi connectivity index (χ2n) is 6.67. The number of thioether (sulfide) groups is 1. The molecule has 9 nitrogen and oxygen atoms in total. The van der Waals surface area contributed by atoms with Crippen LogP contribution in [0.4, 0.5) is 5.69 Å². The molecule has 0 saturated heterocycles. The van der Waals surface area contributed by atoms with E-state index in [-0.39, 0.29) is 21.5 Å². The Morgan fingerprint density at radius 1 is 1.16 bits per heavy atom. The third kappa shape index (κ3) is 4.53. The van der Waals surface area contributed by atoms with Gasteiger partial charge >= 0.3 is 0 Å². The molecule has 164 valence electrons. The molecular weight excluding hydrogens is 470 g/mol. The summed E-state index contributed by atoms with van der Waals surface area (Å²) in [4.78, 5) is 30.1. The fourth-order valence-corrected chi connectivity index (χ4v) is 5.26. The molecule has 2 aromatic heterocycles. The first-order valence-corrected chi connectivity index (χ1v) is 12.6. The van der Waals surface area contributed by atoms with Crippen LogP contribution in [0.3, 0.4) is 0 Å². The van der Waals surface area contributed by atoms with Crippen molar-refractivity contribution in [3.8, 4) is 11.1 Å². The van der Waals surface area contributed by atoms with Crippen LogP contribution >= 0.6 is 23.1 Å². The maximum atomic E-state index is 12.9. The van der Waals surface area contributed by atoms with Gasteiger partial charge in [0.05, 0.1) is 16.0 Å². The van der Waals surface area contributed by atoms with Gasteiger partial charge in [0.1, 0.15) is 4.83 Å². The van der Waals surface area contributed by atoms with Crippen LogP contribution in [0.25, 0.3) is 21.3 Å². The molecule has 2 aromatic carbocycles. The van der Waals surface area contributed by atoms with Gasteiger partial charge in [-0.3, -0.25) is 9.59 Å². The van der Waals surface area contributed by atoms with E-state index in [1.807, 2.05) is 35.7 Å². The molecule has 1 amide bonds. The highest BCUT2D eigenvalue weighted by molar-refractivity contribution is 7.99. The number of fused-ring (bicyclic) bond motifs is 1. The second kappa shape index (κ2) is 8.74. The molecule has 32 heavy (non-hydrogen) atoms. The minimum atomic E-state index is -3.89. The summed E-state index contributed by atoms with van der Waals surface area (Å²) >= 11 is 2.32. The Bertz CT molecular complexity index is 1480. The number of nitrogens with two attached hydrogens (primary N) is 2. The van der Waals surface area contributed by atoms with Crippen molar-refractivity contribution in [2.75, 3.05) is 16.9 Å². The molecule has 0 spiro atoms. The van der Waals surface area contributed by atoms with E-state index in [4.69, 9.17) is 11.0 Å². The zero-order chi connectivity index (χ0) is 22.9. The van der Waals surface area contributed by atoms with Gasteiger partial charge in [0.25, 0.3) is 5.56 Å². The Kier molecular flexibility index (Phi) is 6.02. The van der Waals surface area contributed by atoms with E-state index in [0.29, 0.717) is 10.2 Å². The summed E-state index contributed by atoms with van der Waals surface area (Å²) in [6.07, 6.45) is 0. The van der Waals surface area contributed by atoms with Crippen molar-refractivity contribution in [2.24, 2.45) is 5.14 Å². The summed E-state index contributed by atoms with van der Waals surface area (Å²) in [5.74, 6) is 5.46. The number of aromatic nitrogens is 2. The van der Waals surface area contributed by atoms with Gasteiger partial charge in [-0.2, -0.15) is 0 Å². The number of carbonyl (C=O) groups excluding carboxylic acids is 1. The highest BCUT2D eigenvalue weighted by atomic mass is 32.2. The molecule has 2 heterocycles. The number of hydrogen-bond donors (Lipinski definition) is 3. The van der Waals surface area contributed by atoms with Crippen LogP contribution in [0, 0.1) is 0 Å². The number of nitrogens with zero attached hydrogens (tertiary/aromatic N) is 2. The molecule has 0 aliphatic heterocycles. The van der Waals surface area contributed by atoms with Crippen LogP contribution in [0.2, 0.25) is 0 Å². The van der Waals surface area contributed by atoms with Crippen molar-refractivity contribution in [2.45, 2.75) is 10.1 Å². The number of nitrogens with one attached hydrogen (secondary N) is 1. The van der Waals surface area contributed by atoms with Gasteiger partial charge in [-0.1, -0.05) is 48.2 Å². The van der Waals surface area contributed by atoms with Crippen LogP contribution in [-0.4, -0.2) is 29.7 Å². The largest absolute Gasteiger partial charge is 0.334 e. The maximum Gasteiger partial charge on any atom is 0.282 e. The summed E-state index contributed by atoms with van der Waals surface area (Å²) in [5, 5.41) is 10.2. The molecule has 0 saturated carbocycles. The normalized spacial score (nSPS) is 11.5. The summed E-state index contributed by atoms with van der Waals surface area (Å²) in [5.41, 5.74) is 1.52. The van der Waals surface area contributed by atoms with Gasteiger partial charge in [-0.25, -0.2) is 23.2 Å². The van der Waals surface area contributed by atoms with E-state index in [1.54, 1.807) is 0 Å². The highest BCUT2D eigenvalue weighted by Gasteiger charge is 2.17. The molecule has 4 aromatic rings. The summed E-state index contributed by atoms with van der Waals surface area (Å²) in [7, 11) is -3.89. The molecule has 4 rings (SSSR count). The first-order chi connectivity index (χ1) is 15.2. The van der Waals surface area contributed by atoms with Crippen LogP contribution in [-0.2, 0) is 14.8 Å². The molecule has 0 fully saturated rings. The number of thiophene rings is 1. The zero-order valence-electron chi connectivity index (χ0n) is 16.4. The Hall–Kier alpha value is -3.19. The monoisotopic (exact) mass is 487 g/mol. The molecule has 5 N–H and O–H groups in total. The summed E-state index contributed by atoms with van der Waals surface area (Å²) in [6.45, 7) is 0. The van der Waals surface area contributed by atoms with Gasteiger partial charge < -0.3 is 11.2 Å². The molecule has 0 radical (unpaired) electrons. The topological polar surface area (TPSA) is 150 Å². The van der Waals surface area contributed by atoms with Gasteiger partial charge in [0.2, 0.25) is 15.9 Å². The number of nitrogen functional groups attached to an aromatic ring is 1. The van der Waals surface area contributed by atoms with E-state index in [9.17, 15) is 18.0 Å². The quantitative estimate of drug-likeness (QED) is 0.214. The highest BCUT2D eigenvalue weighted by Crippen LogP contribution is 2.31. The fourth-order valence-electron chi connectivity index (χ4n) is 2.99. The number of anilines is 1. The van der Waals surface area contributed by atoms with Crippen LogP contribution < -0.4 is 21.9 Å². The van der Waals surface area contributed by atoms with Crippen molar-refractivity contribution in [1.29, 1.82) is 0 Å². The minimum absolute atomic E-state index is 0.0916. The smallest absolute Gasteiger partial charge is 0.282 e. The van der Waals surface area contributed by atoms with Gasteiger partial charge in [-0.05, 0) is 23.8 Å². The number of primary sulfonamides is 1. The van der Waals surface area contributed by atoms with Crippen LogP contribution in [0.1, 0.15) is 0 Å². The average molecular weight is 488 g/mol. The van der Waals surface area contributed by atoms with Gasteiger partial charge in [0.15, 0.2) is 5.16 Å². The lowest BCUT2D eigenvalue weighted by atomic mass is 10.1. The minimum Gasteiger partial charge on any atom is -0.334 e. The molecule has 0 aliphatic rings. The Balaban J connectivity index is 1.53. The Morgan fingerprint density at radius 3 is 2.62 bits per heavy atom. The maximum absolute atomic E-state index is 12.9. The number of rotatable bonds is 6. The first kappa shape index (κ1) is 22.0. The molecule has 0 bridgehead atoms. The van der Waals surface area contributed by atoms with Crippen molar-refractivity contribution >= 4 is 54.9 Å². The molecule has 0 atom stereocenters. The number of carbonyl (C=O) groups is 1. The van der Waals surface area contributed by atoms with E-state index in [1.165, 1.54) is 35.6 Å². The third-order valence-electron chi connectivity index (χ3n) is 4.47. The van der Waals surface area contributed by atoms with E-state index >= 15 is 0 Å². The molecular formula is C20H17N5O4S3. The van der Waals surface area contributed by atoms with Crippen LogP contribution in [0.5, 0.6) is 0 Å². The van der Waals surface area contributed by atoms with Crippen LogP contribution in [0.15, 0.2) is 74.8 Å². The Labute approximate surface area is 191 Å². The molecule has 0 unspecified atom stereocenters. The summed E-state index contributed by atoms with van der Waals surface area (Å²) in [6, 6.07) is 15.1. The number of sulfonamides is 1. The summed E-state index contributed by atoms with van der Waals surface area (Å²) < 4.78 is 23.8. The lowest BCUT2D eigenvalue weighted by Crippen LogP contribution is -2.30. The number of benzene rings is 2. The number of hydrogen-bond acceptors (Lipinski definition) is 8. The predicted molar refractivity (Wildman–Crippen MR) is 127 cm³/mol. The van der Waals surface area contributed by atoms with E-state index in [0.717, 1.165) is 27.6 Å². The van der Waals surface area contributed by atoms with E-state index < -0.39 is 21.5 Å². The van der Waals surface area contributed by atoms with Crippen molar-refractivity contribution in [3.63, 3.8) is 0 Å². The average Bonchev–Trinajstić information content (AvgIpc) is 3.19. The zero-order valence-corrected chi connectivity index (χ0v) is 18.8. The number of amides is 1. The molecule has 12 heteroatoms. The second-order valence-corrected chi connectivity index (χ2v) is 10.0.